The minimum absolute atomic E-state index is 0.00117. The lowest BCUT2D eigenvalue weighted by atomic mass is 10.1. The third-order valence-electron chi connectivity index (χ3n) is 3.94. The monoisotopic (exact) mass is 411 g/mol. The van der Waals surface area contributed by atoms with Crippen molar-refractivity contribution in [3.8, 4) is 5.75 Å². The Morgan fingerprint density at radius 1 is 1.29 bits per heavy atom. The van der Waals surface area contributed by atoms with Crippen molar-refractivity contribution in [2.24, 2.45) is 5.73 Å². The number of amides is 1. The summed E-state index contributed by atoms with van der Waals surface area (Å²) in [4.78, 5) is 12.6. The van der Waals surface area contributed by atoms with Gasteiger partial charge in [-0.05, 0) is 18.6 Å². The predicted molar refractivity (Wildman–Crippen MR) is 102 cm³/mol. The van der Waals surface area contributed by atoms with Crippen LogP contribution in [0.15, 0.2) is 30.3 Å². The van der Waals surface area contributed by atoms with Crippen LogP contribution >= 0.6 is 11.6 Å². The van der Waals surface area contributed by atoms with Crippen LogP contribution in [0.4, 0.5) is 8.78 Å². The Balaban J connectivity index is 2.21. The van der Waals surface area contributed by atoms with Gasteiger partial charge in [0, 0.05) is 35.9 Å². The van der Waals surface area contributed by atoms with E-state index in [1.54, 1.807) is 19.1 Å². The quantitative estimate of drug-likeness (QED) is 0.458. The number of nitrogen functional groups attached to an aromatic ring is 1. The summed E-state index contributed by atoms with van der Waals surface area (Å²) in [7, 11) is 1.28. The van der Waals surface area contributed by atoms with Crippen molar-refractivity contribution in [2.45, 2.75) is 19.6 Å². The van der Waals surface area contributed by atoms with Gasteiger partial charge in [0.15, 0.2) is 6.10 Å². The SMILES string of the molecule is CCO[C@H](C(=O)NCc1ccc(C(=N)N)cc1Cl)c1c(F)cc(OC)cc1F. The number of benzene rings is 2. The van der Waals surface area contributed by atoms with Crippen LogP contribution in [-0.4, -0.2) is 25.5 Å². The summed E-state index contributed by atoms with van der Waals surface area (Å²) in [5.74, 6) is -2.77. The zero-order valence-corrected chi connectivity index (χ0v) is 16.1. The largest absolute Gasteiger partial charge is 0.497 e. The molecule has 0 aliphatic rings. The number of nitrogens with two attached hydrogens (primary N) is 1. The fraction of sp³-hybridized carbons (Fsp3) is 0.263. The normalized spacial score (nSPS) is 11.8. The predicted octanol–water partition coefficient (Wildman–Crippen LogP) is 3.30. The first-order valence-corrected chi connectivity index (χ1v) is 8.71. The molecule has 0 saturated carbocycles. The first-order chi connectivity index (χ1) is 13.3. The fourth-order valence-electron chi connectivity index (χ4n) is 2.52. The van der Waals surface area contributed by atoms with Gasteiger partial charge < -0.3 is 20.5 Å². The van der Waals surface area contributed by atoms with Gasteiger partial charge in [-0.25, -0.2) is 8.78 Å². The van der Waals surface area contributed by atoms with E-state index in [2.05, 4.69) is 5.32 Å². The Morgan fingerprint density at radius 2 is 1.93 bits per heavy atom. The Morgan fingerprint density at radius 3 is 2.43 bits per heavy atom. The number of hydrogen-bond acceptors (Lipinski definition) is 4. The van der Waals surface area contributed by atoms with Crippen molar-refractivity contribution in [3.63, 3.8) is 0 Å². The van der Waals surface area contributed by atoms with Crippen LogP contribution in [0.5, 0.6) is 5.75 Å². The molecule has 0 fully saturated rings. The first-order valence-electron chi connectivity index (χ1n) is 8.33. The molecule has 2 aromatic carbocycles. The standard InChI is InChI=1S/C19H20ClF2N3O3/c1-3-28-17(16-14(21)7-12(27-2)8-15(16)22)19(26)25-9-11-5-4-10(18(23)24)6-13(11)20/h4-8,17H,3,9H2,1-2H3,(H3,23,24)(H,25,26)/t17-/m0/s1. The van der Waals surface area contributed by atoms with Crippen LogP contribution in [-0.2, 0) is 16.1 Å². The van der Waals surface area contributed by atoms with Crippen molar-refractivity contribution < 1.29 is 23.0 Å². The van der Waals surface area contributed by atoms with Gasteiger partial charge in [0.2, 0.25) is 0 Å². The van der Waals surface area contributed by atoms with E-state index >= 15 is 0 Å². The Hall–Kier alpha value is -2.71. The number of hydrogen-bond donors (Lipinski definition) is 3. The Kier molecular flexibility index (Phi) is 7.31. The molecule has 0 unspecified atom stereocenters. The van der Waals surface area contributed by atoms with E-state index in [9.17, 15) is 13.6 Å². The molecule has 4 N–H and O–H groups in total. The molecule has 0 aliphatic carbocycles. The van der Waals surface area contributed by atoms with E-state index in [1.807, 2.05) is 0 Å². The number of carbonyl (C=O) groups excluding carboxylic acids is 1. The molecule has 1 atom stereocenters. The van der Waals surface area contributed by atoms with E-state index in [0.717, 1.165) is 12.1 Å². The molecular formula is C19H20ClF2N3O3. The molecule has 9 heteroatoms. The van der Waals surface area contributed by atoms with Crippen LogP contribution in [0, 0.1) is 17.0 Å². The second kappa shape index (κ2) is 9.48. The van der Waals surface area contributed by atoms with Crippen molar-refractivity contribution in [3.05, 3.63) is 63.7 Å². The molecular weight excluding hydrogens is 392 g/mol. The van der Waals surface area contributed by atoms with Gasteiger partial charge in [-0.1, -0.05) is 23.7 Å². The van der Waals surface area contributed by atoms with E-state index in [0.29, 0.717) is 16.1 Å². The molecule has 2 rings (SSSR count). The van der Waals surface area contributed by atoms with Crippen molar-refractivity contribution in [1.82, 2.24) is 5.32 Å². The van der Waals surface area contributed by atoms with E-state index in [4.69, 9.17) is 32.2 Å². The van der Waals surface area contributed by atoms with E-state index in [-0.39, 0.29) is 24.7 Å². The molecule has 28 heavy (non-hydrogen) atoms. The van der Waals surface area contributed by atoms with Crippen LogP contribution in [0.25, 0.3) is 0 Å². The Labute approximate surface area is 166 Å². The molecule has 6 nitrogen and oxygen atoms in total. The highest BCUT2D eigenvalue weighted by Gasteiger charge is 2.28. The zero-order chi connectivity index (χ0) is 20.8. The number of ether oxygens (including phenoxy) is 2. The van der Waals surface area contributed by atoms with Crippen LogP contribution in [0.1, 0.15) is 29.7 Å². The zero-order valence-electron chi connectivity index (χ0n) is 15.3. The molecule has 0 bridgehead atoms. The molecule has 150 valence electrons. The number of nitrogens with one attached hydrogen (secondary N) is 2. The summed E-state index contributed by atoms with van der Waals surface area (Å²) in [6, 6.07) is 6.64. The minimum atomic E-state index is -1.48. The highest BCUT2D eigenvalue weighted by molar-refractivity contribution is 6.31. The molecule has 1 amide bonds. The van der Waals surface area contributed by atoms with Gasteiger partial charge in [0.05, 0.1) is 12.7 Å². The van der Waals surface area contributed by atoms with Gasteiger partial charge in [-0.2, -0.15) is 0 Å². The summed E-state index contributed by atoms with van der Waals surface area (Å²) in [5, 5.41) is 10.2. The van der Waals surface area contributed by atoms with Gasteiger partial charge in [0.25, 0.3) is 5.91 Å². The van der Waals surface area contributed by atoms with Crippen molar-refractivity contribution in [2.75, 3.05) is 13.7 Å². The first kappa shape index (κ1) is 21.6. The summed E-state index contributed by atoms with van der Waals surface area (Å²) >= 11 is 6.13. The third-order valence-corrected chi connectivity index (χ3v) is 4.29. The van der Waals surface area contributed by atoms with Gasteiger partial charge in [-0.3, -0.25) is 10.2 Å². The summed E-state index contributed by atoms with van der Waals surface area (Å²) in [6.45, 7) is 1.67. The highest BCUT2D eigenvalue weighted by Crippen LogP contribution is 2.28. The highest BCUT2D eigenvalue weighted by atomic mass is 35.5. The smallest absolute Gasteiger partial charge is 0.254 e. The van der Waals surface area contributed by atoms with Crippen LogP contribution in [0.2, 0.25) is 5.02 Å². The number of halogens is 3. The Bertz CT molecular complexity index is 870. The summed E-state index contributed by atoms with van der Waals surface area (Å²) < 4.78 is 38.8. The minimum Gasteiger partial charge on any atom is -0.497 e. The average molecular weight is 412 g/mol. The molecule has 0 spiro atoms. The fourth-order valence-corrected chi connectivity index (χ4v) is 2.77. The van der Waals surface area contributed by atoms with E-state index in [1.165, 1.54) is 13.2 Å². The number of methoxy groups -OCH3 is 1. The second-order valence-corrected chi connectivity index (χ2v) is 6.18. The lowest BCUT2D eigenvalue weighted by Gasteiger charge is -2.19. The number of rotatable bonds is 8. The van der Waals surface area contributed by atoms with Crippen molar-refractivity contribution >= 4 is 23.3 Å². The summed E-state index contributed by atoms with van der Waals surface area (Å²) in [5.41, 5.74) is 5.88. The maximum Gasteiger partial charge on any atom is 0.254 e. The lowest BCUT2D eigenvalue weighted by Crippen LogP contribution is -2.31. The van der Waals surface area contributed by atoms with Crippen molar-refractivity contribution in [1.29, 1.82) is 5.41 Å². The molecule has 0 heterocycles. The molecule has 0 saturated heterocycles. The average Bonchev–Trinajstić information content (AvgIpc) is 2.65. The molecule has 0 radical (unpaired) electrons. The van der Waals surface area contributed by atoms with E-state index < -0.39 is 29.2 Å². The maximum atomic E-state index is 14.3. The van der Waals surface area contributed by atoms with Crippen LogP contribution in [0.3, 0.4) is 0 Å². The third kappa shape index (κ3) is 4.96. The van der Waals surface area contributed by atoms with Crippen LogP contribution < -0.4 is 15.8 Å². The number of carbonyl (C=O) groups is 1. The second-order valence-electron chi connectivity index (χ2n) is 5.78. The van der Waals surface area contributed by atoms with Gasteiger partial charge >= 0.3 is 0 Å². The maximum absolute atomic E-state index is 14.3. The topological polar surface area (TPSA) is 97.4 Å². The van der Waals surface area contributed by atoms with Gasteiger partial charge in [0.1, 0.15) is 23.2 Å². The molecule has 2 aromatic rings. The lowest BCUT2D eigenvalue weighted by molar-refractivity contribution is -0.133. The summed E-state index contributed by atoms with van der Waals surface area (Å²) in [6.07, 6.45) is -1.48. The number of amidine groups is 1. The molecule has 0 aromatic heterocycles. The molecule has 0 aliphatic heterocycles. The van der Waals surface area contributed by atoms with Gasteiger partial charge in [-0.15, -0.1) is 0 Å².